The van der Waals surface area contributed by atoms with Crippen molar-refractivity contribution in [2.75, 3.05) is 19.8 Å². The fourth-order valence-corrected chi connectivity index (χ4v) is 6.33. The van der Waals surface area contributed by atoms with Crippen molar-refractivity contribution in [2.45, 2.75) is 57.5 Å². The van der Waals surface area contributed by atoms with E-state index in [1.807, 2.05) is 0 Å². The van der Waals surface area contributed by atoms with E-state index in [2.05, 4.69) is 11.8 Å². The van der Waals surface area contributed by atoms with Crippen LogP contribution < -0.4 is 0 Å². The lowest BCUT2D eigenvalue weighted by Crippen LogP contribution is -2.61. The van der Waals surface area contributed by atoms with Crippen LogP contribution >= 0.6 is 0 Å². The summed E-state index contributed by atoms with van der Waals surface area (Å²) in [7, 11) is 0. The molecule has 1 N–H and O–H groups in total. The molecule has 1 aliphatic heterocycles. The number of aliphatic carboxylic acids is 1. The molecule has 1 heterocycles. The predicted octanol–water partition coefficient (Wildman–Crippen LogP) is 2.38. The van der Waals surface area contributed by atoms with Gasteiger partial charge in [-0.1, -0.05) is 0 Å². The molecule has 0 amide bonds. The van der Waals surface area contributed by atoms with Crippen LogP contribution in [0.3, 0.4) is 0 Å². The number of hydrogen-bond donors (Lipinski definition) is 1. The molecular weight excluding hydrogens is 266 g/mol. The molecule has 0 aromatic carbocycles. The van der Waals surface area contributed by atoms with Crippen LogP contribution in [0.2, 0.25) is 0 Å². The summed E-state index contributed by atoms with van der Waals surface area (Å²) >= 11 is 0. The van der Waals surface area contributed by atoms with Gasteiger partial charge in [0.15, 0.2) is 0 Å². The van der Waals surface area contributed by atoms with Crippen molar-refractivity contribution < 1.29 is 14.6 Å². The molecular formula is C17H27NO3. The molecule has 21 heavy (non-hydrogen) atoms. The summed E-state index contributed by atoms with van der Waals surface area (Å²) in [6, 6.07) is -0.0577. The number of ether oxygens (including phenoxy) is 1. The Hall–Kier alpha value is -0.610. The van der Waals surface area contributed by atoms with Crippen LogP contribution in [-0.2, 0) is 9.53 Å². The molecule has 4 saturated carbocycles. The van der Waals surface area contributed by atoms with Crippen LogP contribution in [0.5, 0.6) is 0 Å². The summed E-state index contributed by atoms with van der Waals surface area (Å²) in [5, 5.41) is 9.52. The highest BCUT2D eigenvalue weighted by molar-refractivity contribution is 5.73. The molecule has 4 nitrogen and oxygen atoms in total. The fraction of sp³-hybridized carbons (Fsp3) is 0.941. The van der Waals surface area contributed by atoms with Gasteiger partial charge >= 0.3 is 5.97 Å². The Labute approximate surface area is 126 Å². The molecule has 5 fully saturated rings. The first-order valence-electron chi connectivity index (χ1n) is 8.64. The van der Waals surface area contributed by atoms with Crippen LogP contribution in [0.25, 0.3) is 0 Å². The number of carboxylic acids is 1. The fourth-order valence-electron chi connectivity index (χ4n) is 6.33. The zero-order chi connectivity index (χ0) is 14.6. The number of hydrogen-bond acceptors (Lipinski definition) is 3. The van der Waals surface area contributed by atoms with Gasteiger partial charge in [-0.15, -0.1) is 0 Å². The lowest BCUT2D eigenvalue weighted by Gasteiger charge is -2.61. The maximum Gasteiger partial charge on any atom is 0.323 e. The van der Waals surface area contributed by atoms with Gasteiger partial charge in [-0.2, -0.15) is 0 Å². The van der Waals surface area contributed by atoms with Crippen molar-refractivity contribution in [1.82, 2.24) is 4.90 Å². The van der Waals surface area contributed by atoms with Gasteiger partial charge in [-0.3, -0.25) is 9.69 Å². The Morgan fingerprint density at radius 2 is 1.76 bits per heavy atom. The molecule has 2 unspecified atom stereocenters. The Kier molecular flexibility index (Phi) is 3.30. The third-order valence-electron chi connectivity index (χ3n) is 6.92. The third-order valence-corrected chi connectivity index (χ3v) is 6.92. The normalized spacial score (nSPS) is 47.5. The Balaban J connectivity index is 1.58. The maximum atomic E-state index is 11.6. The topological polar surface area (TPSA) is 49.8 Å². The molecule has 0 spiro atoms. The lowest BCUT2D eigenvalue weighted by atomic mass is 9.47. The van der Waals surface area contributed by atoms with Crippen molar-refractivity contribution in [3.05, 3.63) is 0 Å². The first-order chi connectivity index (χ1) is 10.1. The van der Waals surface area contributed by atoms with Crippen LogP contribution in [0.1, 0.15) is 45.4 Å². The molecule has 2 atom stereocenters. The molecule has 4 aliphatic carbocycles. The lowest BCUT2D eigenvalue weighted by molar-refractivity contribution is -0.161. The third kappa shape index (κ3) is 2.22. The smallest absolute Gasteiger partial charge is 0.323 e. The number of rotatable bonds is 3. The van der Waals surface area contributed by atoms with E-state index < -0.39 is 12.0 Å². The number of nitrogens with zero attached hydrogens (tertiary/aromatic N) is 1. The van der Waals surface area contributed by atoms with Crippen molar-refractivity contribution in [2.24, 2.45) is 23.2 Å². The summed E-state index contributed by atoms with van der Waals surface area (Å²) in [6.07, 6.45) is 8.34. The summed E-state index contributed by atoms with van der Waals surface area (Å²) in [5.74, 6) is 2.04. The van der Waals surface area contributed by atoms with Gasteiger partial charge in [0.05, 0.1) is 13.2 Å². The van der Waals surface area contributed by atoms with Gasteiger partial charge in [-0.05, 0) is 68.6 Å². The van der Waals surface area contributed by atoms with Crippen molar-refractivity contribution in [1.29, 1.82) is 0 Å². The van der Waals surface area contributed by atoms with E-state index in [9.17, 15) is 9.90 Å². The molecule has 4 bridgehead atoms. The first kappa shape index (κ1) is 14.0. The second-order valence-electron chi connectivity index (χ2n) is 8.12. The van der Waals surface area contributed by atoms with Gasteiger partial charge in [-0.25, -0.2) is 0 Å². The monoisotopic (exact) mass is 293 g/mol. The minimum atomic E-state index is -0.716. The molecule has 118 valence electrons. The molecule has 0 aromatic rings. The van der Waals surface area contributed by atoms with E-state index in [1.54, 1.807) is 0 Å². The molecule has 5 aliphatic rings. The second kappa shape index (κ2) is 4.95. The van der Waals surface area contributed by atoms with Gasteiger partial charge in [0.1, 0.15) is 6.04 Å². The predicted molar refractivity (Wildman–Crippen MR) is 79.0 cm³/mol. The minimum Gasteiger partial charge on any atom is -0.480 e. The largest absolute Gasteiger partial charge is 0.480 e. The molecule has 1 saturated heterocycles. The van der Waals surface area contributed by atoms with Crippen molar-refractivity contribution in [3.8, 4) is 0 Å². The summed E-state index contributed by atoms with van der Waals surface area (Å²) in [5.41, 5.74) is 0.389. The molecule has 0 aromatic heterocycles. The van der Waals surface area contributed by atoms with Crippen LogP contribution in [-0.4, -0.2) is 47.8 Å². The Morgan fingerprint density at radius 1 is 1.19 bits per heavy atom. The molecule has 4 heteroatoms. The zero-order valence-electron chi connectivity index (χ0n) is 13.0. The quantitative estimate of drug-likeness (QED) is 0.868. The molecule has 5 rings (SSSR count). The van der Waals surface area contributed by atoms with E-state index in [1.165, 1.54) is 38.5 Å². The standard InChI is InChI=1S/C17H27NO3/c1-11(18-2-3-21-10-15(18)16(19)20)17-7-12-4-13(8-17)6-14(5-12)9-17/h11-15H,2-10H2,1H3,(H,19,20). The van der Waals surface area contributed by atoms with E-state index in [0.717, 1.165) is 24.3 Å². The second-order valence-corrected chi connectivity index (χ2v) is 8.12. The van der Waals surface area contributed by atoms with Crippen LogP contribution in [0, 0.1) is 23.2 Å². The zero-order valence-corrected chi connectivity index (χ0v) is 13.0. The summed E-state index contributed by atoms with van der Waals surface area (Å²) in [6.45, 7) is 4.11. The average molecular weight is 293 g/mol. The van der Waals surface area contributed by atoms with Crippen LogP contribution in [0.4, 0.5) is 0 Å². The number of carboxylic acid groups (broad SMARTS) is 1. The highest BCUT2D eigenvalue weighted by Crippen LogP contribution is 2.62. The highest BCUT2D eigenvalue weighted by atomic mass is 16.5. The Bertz CT molecular complexity index is 400. The molecule has 0 radical (unpaired) electrons. The van der Waals surface area contributed by atoms with Crippen LogP contribution in [0.15, 0.2) is 0 Å². The van der Waals surface area contributed by atoms with Gasteiger partial charge in [0.25, 0.3) is 0 Å². The summed E-state index contributed by atoms with van der Waals surface area (Å²) in [4.78, 5) is 13.8. The van der Waals surface area contributed by atoms with Gasteiger partial charge in [0, 0.05) is 12.6 Å². The first-order valence-corrected chi connectivity index (χ1v) is 8.64. The number of morpholine rings is 1. The minimum absolute atomic E-state index is 0.353. The van der Waals surface area contributed by atoms with Gasteiger partial charge < -0.3 is 9.84 Å². The van der Waals surface area contributed by atoms with Gasteiger partial charge in [0.2, 0.25) is 0 Å². The SMILES string of the molecule is CC(N1CCOCC1C(=O)O)C12CC3CC(CC(C3)C1)C2. The number of carbonyl (C=O) groups is 1. The van der Waals surface area contributed by atoms with E-state index in [4.69, 9.17) is 4.74 Å². The van der Waals surface area contributed by atoms with E-state index >= 15 is 0 Å². The average Bonchev–Trinajstić information content (AvgIpc) is 2.45. The van der Waals surface area contributed by atoms with Crippen molar-refractivity contribution >= 4 is 5.97 Å². The summed E-state index contributed by atoms with van der Waals surface area (Å²) < 4.78 is 5.42. The Morgan fingerprint density at radius 3 is 2.29 bits per heavy atom. The van der Waals surface area contributed by atoms with E-state index in [0.29, 0.717) is 24.7 Å². The highest BCUT2D eigenvalue weighted by Gasteiger charge is 2.55. The van der Waals surface area contributed by atoms with Crippen molar-refractivity contribution in [3.63, 3.8) is 0 Å². The van der Waals surface area contributed by atoms with E-state index in [-0.39, 0.29) is 0 Å². The maximum absolute atomic E-state index is 11.6.